The number of carbonyl (C=O) groups excluding carboxylic acids is 1. The quantitative estimate of drug-likeness (QED) is 0.896. The van der Waals surface area contributed by atoms with Gasteiger partial charge in [0, 0.05) is 0 Å². The van der Waals surface area contributed by atoms with Crippen molar-refractivity contribution >= 4 is 29.2 Å². The molecule has 2 rings (SSSR count). The van der Waals surface area contributed by atoms with Gasteiger partial charge < -0.3 is 10.4 Å². The molecule has 7 nitrogen and oxygen atoms in total. The summed E-state index contributed by atoms with van der Waals surface area (Å²) in [5, 5.41) is 15.6. The van der Waals surface area contributed by atoms with Crippen LogP contribution in [0.15, 0.2) is 30.9 Å². The Bertz CT molecular complexity index is 642. The smallest absolute Gasteiger partial charge is 0.339 e. The predicted molar refractivity (Wildman–Crippen MR) is 71.8 cm³/mol. The van der Waals surface area contributed by atoms with Gasteiger partial charge in [0.2, 0.25) is 5.91 Å². The number of carboxylic acid groups (broad SMARTS) is 1. The lowest BCUT2D eigenvalue weighted by molar-refractivity contribution is -0.119. The number of carboxylic acids is 1. The van der Waals surface area contributed by atoms with Crippen LogP contribution in [0.2, 0.25) is 5.02 Å². The highest BCUT2D eigenvalue weighted by Gasteiger charge is 2.20. The molecule has 0 aliphatic carbocycles. The maximum absolute atomic E-state index is 12.1. The summed E-state index contributed by atoms with van der Waals surface area (Å²) in [4.78, 5) is 27.0. The minimum absolute atomic E-state index is 0.0590. The van der Waals surface area contributed by atoms with Crippen molar-refractivity contribution in [3.8, 4) is 0 Å². The number of nitrogens with zero attached hydrogens (tertiary/aromatic N) is 3. The monoisotopic (exact) mass is 294 g/mol. The Morgan fingerprint density at radius 1 is 1.45 bits per heavy atom. The highest BCUT2D eigenvalue weighted by Crippen LogP contribution is 2.25. The topological polar surface area (TPSA) is 97.1 Å². The summed E-state index contributed by atoms with van der Waals surface area (Å²) in [7, 11) is 0. The molecule has 1 aromatic carbocycles. The summed E-state index contributed by atoms with van der Waals surface area (Å²) in [6.07, 6.45) is 2.71. The van der Waals surface area contributed by atoms with Gasteiger partial charge in [0.15, 0.2) is 0 Å². The molecular formula is C12H11ClN4O3. The SMILES string of the molecule is CC(C(=O)Nc1cccc(Cl)c1C(=O)O)n1cncn1. The molecule has 0 radical (unpaired) electrons. The molecule has 2 aromatic rings. The zero-order valence-electron chi connectivity index (χ0n) is 10.4. The molecule has 0 saturated heterocycles. The van der Waals surface area contributed by atoms with Crippen LogP contribution in [0.1, 0.15) is 23.3 Å². The van der Waals surface area contributed by atoms with Crippen molar-refractivity contribution in [2.75, 3.05) is 5.32 Å². The fourth-order valence-corrected chi connectivity index (χ4v) is 1.88. The second-order valence-electron chi connectivity index (χ2n) is 4.01. The molecule has 0 aliphatic heterocycles. The Morgan fingerprint density at radius 2 is 2.20 bits per heavy atom. The summed E-state index contributed by atoms with van der Waals surface area (Å²) < 4.78 is 1.36. The first-order chi connectivity index (χ1) is 9.50. The lowest BCUT2D eigenvalue weighted by Gasteiger charge is -2.14. The van der Waals surface area contributed by atoms with Crippen LogP contribution < -0.4 is 5.32 Å². The molecule has 8 heteroatoms. The lowest BCUT2D eigenvalue weighted by Crippen LogP contribution is -2.25. The number of benzene rings is 1. The molecule has 0 aliphatic rings. The number of hydrogen-bond donors (Lipinski definition) is 2. The second kappa shape index (κ2) is 5.70. The third kappa shape index (κ3) is 2.77. The number of amides is 1. The number of nitrogens with one attached hydrogen (secondary N) is 1. The average molecular weight is 295 g/mol. The zero-order chi connectivity index (χ0) is 14.7. The Morgan fingerprint density at radius 3 is 2.80 bits per heavy atom. The van der Waals surface area contributed by atoms with Gasteiger partial charge in [0.1, 0.15) is 24.3 Å². The van der Waals surface area contributed by atoms with Crippen LogP contribution in [0.5, 0.6) is 0 Å². The van der Waals surface area contributed by atoms with Gasteiger partial charge in [0.25, 0.3) is 0 Å². The molecule has 2 N–H and O–H groups in total. The normalized spacial score (nSPS) is 11.9. The van der Waals surface area contributed by atoms with Crippen molar-refractivity contribution in [3.63, 3.8) is 0 Å². The van der Waals surface area contributed by atoms with Crippen molar-refractivity contribution in [1.29, 1.82) is 0 Å². The Labute approximate surface area is 119 Å². The van der Waals surface area contributed by atoms with E-state index in [0.717, 1.165) is 0 Å². The number of aromatic nitrogens is 3. The van der Waals surface area contributed by atoms with Crippen LogP contribution in [-0.4, -0.2) is 31.7 Å². The van der Waals surface area contributed by atoms with E-state index in [4.69, 9.17) is 16.7 Å². The number of halogens is 1. The van der Waals surface area contributed by atoms with E-state index in [9.17, 15) is 9.59 Å². The molecule has 104 valence electrons. The molecule has 0 saturated carbocycles. The van der Waals surface area contributed by atoms with Crippen LogP contribution in [0.3, 0.4) is 0 Å². The third-order valence-corrected chi connectivity index (χ3v) is 3.01. The van der Waals surface area contributed by atoms with E-state index < -0.39 is 17.9 Å². The molecule has 1 heterocycles. The van der Waals surface area contributed by atoms with Crippen molar-refractivity contribution in [2.24, 2.45) is 0 Å². The van der Waals surface area contributed by atoms with Crippen LogP contribution in [-0.2, 0) is 4.79 Å². The first kappa shape index (κ1) is 14.0. The number of carbonyl (C=O) groups is 2. The van der Waals surface area contributed by atoms with Crippen LogP contribution in [0.25, 0.3) is 0 Å². The maximum atomic E-state index is 12.1. The van der Waals surface area contributed by atoms with Gasteiger partial charge in [-0.15, -0.1) is 0 Å². The molecule has 0 fully saturated rings. The second-order valence-corrected chi connectivity index (χ2v) is 4.42. The van der Waals surface area contributed by atoms with Gasteiger partial charge in [-0.3, -0.25) is 4.79 Å². The number of aromatic carboxylic acids is 1. The van der Waals surface area contributed by atoms with Gasteiger partial charge in [-0.2, -0.15) is 5.10 Å². The predicted octanol–water partition coefficient (Wildman–Crippen LogP) is 1.83. The minimum atomic E-state index is -1.21. The van der Waals surface area contributed by atoms with Gasteiger partial charge in [-0.05, 0) is 19.1 Å². The molecule has 20 heavy (non-hydrogen) atoms. The molecule has 1 amide bonds. The average Bonchev–Trinajstić information content (AvgIpc) is 2.91. The summed E-state index contributed by atoms with van der Waals surface area (Å²) in [5.74, 6) is -1.63. The van der Waals surface area contributed by atoms with E-state index in [-0.39, 0.29) is 16.3 Å². The summed E-state index contributed by atoms with van der Waals surface area (Å²) >= 11 is 5.83. The van der Waals surface area contributed by atoms with E-state index in [2.05, 4.69) is 15.4 Å². The summed E-state index contributed by atoms with van der Waals surface area (Å²) in [6.45, 7) is 1.62. The molecular weight excluding hydrogens is 284 g/mol. The molecule has 1 unspecified atom stereocenters. The first-order valence-corrected chi connectivity index (χ1v) is 6.05. The molecule has 1 atom stereocenters. The third-order valence-electron chi connectivity index (χ3n) is 2.70. The number of anilines is 1. The van der Waals surface area contributed by atoms with Gasteiger partial charge >= 0.3 is 5.97 Å². The highest BCUT2D eigenvalue weighted by atomic mass is 35.5. The maximum Gasteiger partial charge on any atom is 0.339 e. The standard InChI is InChI=1S/C12H11ClN4O3/c1-7(17-6-14-5-15-17)11(18)16-9-4-2-3-8(13)10(9)12(19)20/h2-7H,1H3,(H,16,18)(H,19,20). The van der Waals surface area contributed by atoms with Crippen molar-refractivity contribution in [2.45, 2.75) is 13.0 Å². The van der Waals surface area contributed by atoms with Crippen LogP contribution >= 0.6 is 11.6 Å². The van der Waals surface area contributed by atoms with E-state index in [1.165, 1.54) is 29.5 Å². The Kier molecular flexibility index (Phi) is 3.99. The van der Waals surface area contributed by atoms with Crippen molar-refractivity contribution in [3.05, 3.63) is 41.4 Å². The van der Waals surface area contributed by atoms with Gasteiger partial charge in [-0.25, -0.2) is 14.5 Å². The van der Waals surface area contributed by atoms with Gasteiger partial charge in [-0.1, -0.05) is 17.7 Å². The Balaban J connectivity index is 2.24. The van der Waals surface area contributed by atoms with E-state index in [0.29, 0.717) is 0 Å². The molecule has 0 spiro atoms. The molecule has 1 aromatic heterocycles. The first-order valence-electron chi connectivity index (χ1n) is 5.67. The lowest BCUT2D eigenvalue weighted by atomic mass is 10.1. The molecule has 0 bridgehead atoms. The summed E-state index contributed by atoms with van der Waals surface area (Å²) in [5.41, 5.74) is -0.00438. The Hall–Kier alpha value is -2.41. The number of rotatable bonds is 4. The fraction of sp³-hybridized carbons (Fsp3) is 0.167. The van der Waals surface area contributed by atoms with E-state index in [1.54, 1.807) is 13.0 Å². The minimum Gasteiger partial charge on any atom is -0.478 e. The van der Waals surface area contributed by atoms with Crippen LogP contribution in [0.4, 0.5) is 5.69 Å². The van der Waals surface area contributed by atoms with Crippen molar-refractivity contribution < 1.29 is 14.7 Å². The zero-order valence-corrected chi connectivity index (χ0v) is 11.2. The van der Waals surface area contributed by atoms with Crippen molar-refractivity contribution in [1.82, 2.24) is 14.8 Å². The van der Waals surface area contributed by atoms with Crippen LogP contribution in [0, 0.1) is 0 Å². The van der Waals surface area contributed by atoms with Gasteiger partial charge in [0.05, 0.1) is 10.7 Å². The highest BCUT2D eigenvalue weighted by molar-refractivity contribution is 6.34. The van der Waals surface area contributed by atoms with E-state index in [1.807, 2.05) is 0 Å². The largest absolute Gasteiger partial charge is 0.478 e. The fourth-order valence-electron chi connectivity index (χ4n) is 1.62. The summed E-state index contributed by atoms with van der Waals surface area (Å²) in [6, 6.07) is 3.85. The number of hydrogen-bond acceptors (Lipinski definition) is 4. The van der Waals surface area contributed by atoms with E-state index >= 15 is 0 Å².